The van der Waals surface area contributed by atoms with E-state index in [0.29, 0.717) is 6.54 Å². The molecule has 2 amide bonds. The van der Waals surface area contributed by atoms with Crippen molar-refractivity contribution in [1.29, 1.82) is 0 Å². The number of rotatable bonds is 6. The molecule has 1 aromatic carbocycles. The number of hydrogen-bond donors (Lipinski definition) is 2. The molecule has 0 radical (unpaired) electrons. The highest BCUT2D eigenvalue weighted by Crippen LogP contribution is 2.18. The zero-order chi connectivity index (χ0) is 20.0. The first-order valence-electron chi connectivity index (χ1n) is 8.29. The van der Waals surface area contributed by atoms with Gasteiger partial charge in [-0.25, -0.2) is 4.79 Å². The molecular weight excluding hydrogens is 350 g/mol. The molecule has 1 heterocycles. The van der Waals surface area contributed by atoms with E-state index >= 15 is 0 Å². The van der Waals surface area contributed by atoms with Crippen molar-refractivity contribution >= 4 is 29.3 Å². The summed E-state index contributed by atoms with van der Waals surface area (Å²) < 4.78 is 6.37. The number of anilines is 2. The minimum Gasteiger partial charge on any atom is -0.465 e. The molecule has 0 atom stereocenters. The van der Waals surface area contributed by atoms with Crippen LogP contribution in [0.2, 0.25) is 0 Å². The molecule has 9 nitrogen and oxygen atoms in total. The van der Waals surface area contributed by atoms with Crippen LogP contribution in [0, 0.1) is 6.92 Å². The van der Waals surface area contributed by atoms with E-state index in [0.717, 1.165) is 12.1 Å². The van der Waals surface area contributed by atoms with Crippen molar-refractivity contribution in [2.24, 2.45) is 0 Å². The van der Waals surface area contributed by atoms with Crippen LogP contribution >= 0.6 is 0 Å². The van der Waals surface area contributed by atoms with Gasteiger partial charge in [-0.15, -0.1) is 0 Å². The average molecular weight is 373 g/mol. The van der Waals surface area contributed by atoms with Crippen LogP contribution < -0.4 is 10.6 Å². The van der Waals surface area contributed by atoms with Gasteiger partial charge in [-0.05, 0) is 33.2 Å². The minimum absolute atomic E-state index is 0.173. The Morgan fingerprint density at radius 2 is 1.85 bits per heavy atom. The Bertz CT molecular complexity index is 844. The fraction of sp³-hybridized carbons (Fsp3) is 0.333. The van der Waals surface area contributed by atoms with Crippen molar-refractivity contribution in [2.45, 2.75) is 13.5 Å². The van der Waals surface area contributed by atoms with Crippen LogP contribution in [0.4, 0.5) is 11.5 Å². The molecule has 144 valence electrons. The van der Waals surface area contributed by atoms with E-state index in [1.54, 1.807) is 42.1 Å². The number of methoxy groups -OCH3 is 1. The Kier molecular flexibility index (Phi) is 6.67. The molecule has 0 aliphatic rings. The number of benzene rings is 1. The number of ether oxygens (including phenoxy) is 1. The SMILES string of the molecule is COC(=O)c1cc(C)ccc1NC(=O)C(=O)Nc1ccn(CCN(C)C)n1. The Labute approximate surface area is 157 Å². The largest absolute Gasteiger partial charge is 0.465 e. The first kappa shape index (κ1) is 20.1. The molecule has 9 heteroatoms. The lowest BCUT2D eigenvalue weighted by molar-refractivity contribution is -0.133. The van der Waals surface area contributed by atoms with E-state index in [4.69, 9.17) is 4.74 Å². The van der Waals surface area contributed by atoms with E-state index < -0.39 is 17.8 Å². The van der Waals surface area contributed by atoms with Crippen molar-refractivity contribution in [3.05, 3.63) is 41.6 Å². The van der Waals surface area contributed by atoms with E-state index in [9.17, 15) is 14.4 Å². The molecule has 0 aliphatic carbocycles. The first-order chi connectivity index (χ1) is 12.8. The number of likely N-dealkylation sites (N-methyl/N-ethyl adjacent to an activating group) is 1. The van der Waals surface area contributed by atoms with Gasteiger partial charge in [0.2, 0.25) is 0 Å². The Morgan fingerprint density at radius 1 is 1.15 bits per heavy atom. The maximum absolute atomic E-state index is 12.2. The summed E-state index contributed by atoms with van der Waals surface area (Å²) >= 11 is 0. The predicted molar refractivity (Wildman–Crippen MR) is 101 cm³/mol. The predicted octanol–water partition coefficient (Wildman–Crippen LogP) is 1.12. The summed E-state index contributed by atoms with van der Waals surface area (Å²) in [5.41, 5.74) is 1.19. The second-order valence-corrected chi connectivity index (χ2v) is 6.22. The highest BCUT2D eigenvalue weighted by molar-refractivity contribution is 6.43. The van der Waals surface area contributed by atoms with Crippen molar-refractivity contribution in [1.82, 2.24) is 14.7 Å². The fourth-order valence-corrected chi connectivity index (χ4v) is 2.25. The quantitative estimate of drug-likeness (QED) is 0.581. The van der Waals surface area contributed by atoms with Crippen LogP contribution in [-0.2, 0) is 20.9 Å². The lowest BCUT2D eigenvalue weighted by atomic mass is 10.1. The molecule has 27 heavy (non-hydrogen) atoms. The van der Waals surface area contributed by atoms with Crippen LogP contribution in [0.5, 0.6) is 0 Å². The van der Waals surface area contributed by atoms with Crippen LogP contribution in [0.15, 0.2) is 30.5 Å². The standard InChI is InChI=1S/C18H23N5O4/c1-12-5-6-14(13(11-12)18(26)27-4)19-16(24)17(25)20-15-7-8-23(21-15)10-9-22(2)3/h5-8,11H,9-10H2,1-4H3,(H,19,24)(H,20,21,25). The maximum Gasteiger partial charge on any atom is 0.339 e. The lowest BCUT2D eigenvalue weighted by Gasteiger charge is -2.10. The zero-order valence-electron chi connectivity index (χ0n) is 15.8. The van der Waals surface area contributed by atoms with E-state index in [1.165, 1.54) is 7.11 Å². The van der Waals surface area contributed by atoms with Crippen molar-refractivity contribution in [2.75, 3.05) is 38.4 Å². The van der Waals surface area contributed by atoms with Gasteiger partial charge in [-0.2, -0.15) is 5.10 Å². The lowest BCUT2D eigenvalue weighted by Crippen LogP contribution is -2.30. The number of carbonyl (C=O) groups excluding carboxylic acids is 3. The molecule has 0 saturated heterocycles. The van der Waals surface area contributed by atoms with Gasteiger partial charge in [0.25, 0.3) is 0 Å². The number of esters is 1. The van der Waals surface area contributed by atoms with Crippen molar-refractivity contribution < 1.29 is 19.1 Å². The van der Waals surface area contributed by atoms with Gasteiger partial charge in [0.15, 0.2) is 5.82 Å². The van der Waals surface area contributed by atoms with Crippen LogP contribution in [-0.4, -0.2) is 60.2 Å². The minimum atomic E-state index is -0.910. The molecule has 2 aromatic rings. The fourth-order valence-electron chi connectivity index (χ4n) is 2.25. The molecule has 2 rings (SSSR count). The van der Waals surface area contributed by atoms with E-state index in [-0.39, 0.29) is 17.1 Å². The van der Waals surface area contributed by atoms with E-state index in [1.807, 2.05) is 19.0 Å². The monoisotopic (exact) mass is 373 g/mol. The summed E-state index contributed by atoms with van der Waals surface area (Å²) in [6.07, 6.45) is 1.71. The number of hydrogen-bond acceptors (Lipinski definition) is 6. The van der Waals surface area contributed by atoms with Crippen LogP contribution in [0.25, 0.3) is 0 Å². The van der Waals surface area contributed by atoms with Gasteiger partial charge in [-0.1, -0.05) is 11.6 Å². The number of nitrogens with zero attached hydrogens (tertiary/aromatic N) is 3. The highest BCUT2D eigenvalue weighted by atomic mass is 16.5. The Balaban J connectivity index is 2.02. The van der Waals surface area contributed by atoms with Crippen LogP contribution in [0.1, 0.15) is 15.9 Å². The molecule has 1 aromatic heterocycles. The van der Waals surface area contributed by atoms with Gasteiger partial charge in [0.1, 0.15) is 0 Å². The molecule has 0 aliphatic heterocycles. The van der Waals surface area contributed by atoms with Crippen molar-refractivity contribution in [3.8, 4) is 0 Å². The maximum atomic E-state index is 12.2. The zero-order valence-corrected chi connectivity index (χ0v) is 15.8. The molecule has 0 bridgehead atoms. The Morgan fingerprint density at radius 3 is 2.52 bits per heavy atom. The third kappa shape index (κ3) is 5.65. The number of nitrogens with one attached hydrogen (secondary N) is 2. The van der Waals surface area contributed by atoms with Gasteiger partial charge >= 0.3 is 17.8 Å². The van der Waals surface area contributed by atoms with Crippen LogP contribution in [0.3, 0.4) is 0 Å². The van der Waals surface area contributed by atoms with Gasteiger partial charge in [-0.3, -0.25) is 14.3 Å². The number of aryl methyl sites for hydroxylation is 1. The third-order valence-electron chi connectivity index (χ3n) is 3.69. The summed E-state index contributed by atoms with van der Waals surface area (Å²) in [5, 5.41) is 9.04. The summed E-state index contributed by atoms with van der Waals surface area (Å²) in [4.78, 5) is 38.1. The molecule has 0 fully saturated rings. The summed E-state index contributed by atoms with van der Waals surface area (Å²) in [5.74, 6) is -2.13. The van der Waals surface area contributed by atoms with Gasteiger partial charge in [0, 0.05) is 18.8 Å². The first-order valence-corrected chi connectivity index (χ1v) is 8.29. The summed E-state index contributed by atoms with van der Waals surface area (Å²) in [6.45, 7) is 3.25. The molecule has 0 spiro atoms. The number of aromatic nitrogens is 2. The molecule has 2 N–H and O–H groups in total. The number of carbonyl (C=O) groups is 3. The van der Waals surface area contributed by atoms with E-state index in [2.05, 4.69) is 15.7 Å². The second kappa shape index (κ2) is 8.95. The normalized spacial score (nSPS) is 10.6. The highest BCUT2D eigenvalue weighted by Gasteiger charge is 2.19. The van der Waals surface area contributed by atoms with Crippen molar-refractivity contribution in [3.63, 3.8) is 0 Å². The second-order valence-electron chi connectivity index (χ2n) is 6.22. The third-order valence-corrected chi connectivity index (χ3v) is 3.69. The molecular formula is C18H23N5O4. The summed E-state index contributed by atoms with van der Waals surface area (Å²) in [6, 6.07) is 6.44. The number of amides is 2. The summed E-state index contributed by atoms with van der Waals surface area (Å²) in [7, 11) is 5.14. The molecule has 0 unspecified atom stereocenters. The Hall–Kier alpha value is -3.20. The smallest absolute Gasteiger partial charge is 0.339 e. The average Bonchev–Trinajstić information content (AvgIpc) is 3.08. The van der Waals surface area contributed by atoms with Gasteiger partial charge in [0.05, 0.1) is 24.9 Å². The van der Waals surface area contributed by atoms with Gasteiger partial charge < -0.3 is 20.3 Å². The topological polar surface area (TPSA) is 106 Å². The molecule has 0 saturated carbocycles.